The Morgan fingerprint density at radius 2 is 1.33 bits per heavy atom. The maximum absolute atomic E-state index is 9.85. The summed E-state index contributed by atoms with van der Waals surface area (Å²) < 4.78 is 0. The summed E-state index contributed by atoms with van der Waals surface area (Å²) in [4.78, 5) is 4.69. The Bertz CT molecular complexity index is 631. The van der Waals surface area contributed by atoms with Gasteiger partial charge < -0.3 is 29.9 Å². The first-order valence-electron chi connectivity index (χ1n) is 7.45. The number of nitrogens with zero attached hydrogens (tertiary/aromatic N) is 1. The van der Waals surface area contributed by atoms with Crippen LogP contribution in [0.5, 0.6) is 5.75 Å². The van der Waals surface area contributed by atoms with Crippen molar-refractivity contribution in [2.24, 2.45) is 4.99 Å². The fourth-order valence-corrected chi connectivity index (χ4v) is 2.39. The second kappa shape index (κ2) is 11.8. The van der Waals surface area contributed by atoms with E-state index in [1.54, 1.807) is 12.3 Å². The van der Waals surface area contributed by atoms with Crippen LogP contribution in [0.25, 0.3) is 0 Å². The van der Waals surface area contributed by atoms with Crippen molar-refractivity contribution in [3.8, 4) is 5.75 Å². The second-order valence-corrected chi connectivity index (χ2v) is 5.91. The van der Waals surface area contributed by atoms with E-state index in [1.807, 2.05) is 18.2 Å². The molecule has 2 aromatic rings. The van der Waals surface area contributed by atoms with E-state index < -0.39 is 0 Å². The first-order chi connectivity index (χ1) is 10.0. The van der Waals surface area contributed by atoms with Gasteiger partial charge >= 0.3 is 26.2 Å². The van der Waals surface area contributed by atoms with E-state index in [0.29, 0.717) is 11.8 Å². The minimum atomic E-state index is 0. The summed E-state index contributed by atoms with van der Waals surface area (Å²) in [7, 11) is 0. The van der Waals surface area contributed by atoms with Crippen molar-refractivity contribution in [3.63, 3.8) is 0 Å². The molecule has 2 rings (SSSR count). The molecule has 0 saturated heterocycles. The molecule has 0 aliphatic heterocycles. The Balaban J connectivity index is 0. The van der Waals surface area contributed by atoms with Gasteiger partial charge in [-0.25, -0.2) is 0 Å². The van der Waals surface area contributed by atoms with Crippen LogP contribution >= 0.6 is 0 Å². The van der Waals surface area contributed by atoms with Gasteiger partial charge in [-0.3, -0.25) is 4.99 Å². The zero-order chi connectivity index (χ0) is 15.4. The number of phenols is 1. The van der Waals surface area contributed by atoms with E-state index in [4.69, 9.17) is 4.99 Å². The quantitative estimate of drug-likeness (QED) is 0.629. The predicted octanol–water partition coefficient (Wildman–Crippen LogP) is -0.605. The zero-order valence-corrected chi connectivity index (χ0v) is 18.4. The van der Waals surface area contributed by atoms with Gasteiger partial charge in [0.05, 0.1) is 5.69 Å². The Morgan fingerprint density at radius 1 is 0.833 bits per heavy atom. The van der Waals surface area contributed by atoms with Crippen LogP contribution in [0.1, 0.15) is 56.2 Å². The first kappa shape index (κ1) is 25.6. The fraction of sp³-hybridized carbons (Fsp3) is 0.316. The molecule has 5 heteroatoms. The van der Waals surface area contributed by atoms with Crippen molar-refractivity contribution in [1.82, 2.24) is 0 Å². The van der Waals surface area contributed by atoms with Crippen LogP contribution in [0, 0.1) is 0 Å². The number of phenolic OH excluding ortho intramolecular Hbond substituents is 1. The van der Waals surface area contributed by atoms with E-state index in [2.05, 4.69) is 45.9 Å². The number of hydrogen-bond acceptors (Lipinski definition) is 2. The third-order valence-corrected chi connectivity index (χ3v) is 3.61. The summed E-state index contributed by atoms with van der Waals surface area (Å²) in [6.07, 6.45) is 1.75. The molecule has 2 aromatic carbocycles. The second-order valence-electron chi connectivity index (χ2n) is 5.91. The molecule has 0 amide bonds. The van der Waals surface area contributed by atoms with Crippen LogP contribution in [-0.4, -0.2) is 11.3 Å². The van der Waals surface area contributed by atoms with Gasteiger partial charge in [-0.05, 0) is 35.1 Å². The molecule has 0 atom stereocenters. The summed E-state index contributed by atoms with van der Waals surface area (Å²) in [5, 5.41) is 9.85. The molecule has 24 heavy (non-hydrogen) atoms. The number of aliphatic imine (C=N–C) groups is 1. The molecule has 0 saturated carbocycles. The zero-order valence-electron chi connectivity index (χ0n) is 14.4. The fourth-order valence-electron chi connectivity index (χ4n) is 2.39. The van der Waals surface area contributed by atoms with Gasteiger partial charge in [0.2, 0.25) is 0 Å². The number of benzene rings is 2. The molecular formula is C19H23Cl2NOZr. The monoisotopic (exact) mass is 441 g/mol. The smallest absolute Gasteiger partial charge is 1.00 e. The summed E-state index contributed by atoms with van der Waals surface area (Å²) in [6.45, 7) is 8.72. The van der Waals surface area contributed by atoms with Gasteiger partial charge in [-0.1, -0.05) is 58.0 Å². The third-order valence-electron chi connectivity index (χ3n) is 3.61. The molecule has 0 aromatic heterocycles. The molecule has 128 valence electrons. The van der Waals surface area contributed by atoms with E-state index >= 15 is 0 Å². The first-order valence-corrected chi connectivity index (χ1v) is 7.45. The van der Waals surface area contributed by atoms with Crippen molar-refractivity contribution < 1.29 is 56.1 Å². The molecule has 0 fully saturated rings. The molecule has 0 spiro atoms. The molecule has 1 N–H and O–H groups in total. The normalized spacial score (nSPS) is 10.2. The van der Waals surface area contributed by atoms with Crippen molar-refractivity contribution in [1.29, 1.82) is 0 Å². The molecule has 0 aliphatic carbocycles. The minimum Gasteiger partial charge on any atom is -1.00 e. The molecule has 0 unspecified atom stereocenters. The summed E-state index contributed by atoms with van der Waals surface area (Å²) >= 11 is 0. The number of halogens is 2. The van der Waals surface area contributed by atoms with Crippen LogP contribution < -0.4 is 24.8 Å². The molecule has 0 radical (unpaired) electrons. The average Bonchev–Trinajstić information content (AvgIpc) is 2.45. The van der Waals surface area contributed by atoms with E-state index in [0.717, 1.165) is 11.3 Å². The van der Waals surface area contributed by atoms with Gasteiger partial charge in [0.15, 0.2) is 0 Å². The van der Waals surface area contributed by atoms with Gasteiger partial charge in [0.25, 0.3) is 0 Å². The topological polar surface area (TPSA) is 32.6 Å². The van der Waals surface area contributed by atoms with Crippen molar-refractivity contribution in [2.75, 3.05) is 0 Å². The SMILES string of the molecule is CC(C)c1cccc(C(C)C)c1N=Cc1ccccc1O.[Cl-].[Cl-].[Zr+2]. The number of aromatic hydroxyl groups is 1. The molecule has 0 bridgehead atoms. The van der Waals surface area contributed by atoms with Crippen LogP contribution in [0.15, 0.2) is 47.5 Å². The molecule has 0 aliphatic rings. The third kappa shape index (κ3) is 6.35. The van der Waals surface area contributed by atoms with Crippen LogP contribution in [0.4, 0.5) is 5.69 Å². The summed E-state index contributed by atoms with van der Waals surface area (Å²) in [5.74, 6) is 1.09. The van der Waals surface area contributed by atoms with Crippen LogP contribution in [0.2, 0.25) is 0 Å². The van der Waals surface area contributed by atoms with Gasteiger partial charge in [0, 0.05) is 11.8 Å². The van der Waals surface area contributed by atoms with E-state index in [1.165, 1.54) is 11.1 Å². The maximum atomic E-state index is 9.85. The predicted molar refractivity (Wildman–Crippen MR) is 90.0 cm³/mol. The van der Waals surface area contributed by atoms with Crippen molar-refractivity contribution in [2.45, 2.75) is 39.5 Å². The molecule has 0 heterocycles. The number of hydrogen-bond donors (Lipinski definition) is 1. The van der Waals surface area contributed by atoms with Gasteiger partial charge in [-0.2, -0.15) is 0 Å². The Kier molecular flexibility index (Phi) is 12.6. The largest absolute Gasteiger partial charge is 2.00 e. The van der Waals surface area contributed by atoms with E-state index in [9.17, 15) is 5.11 Å². The van der Waals surface area contributed by atoms with Crippen LogP contribution in [0.3, 0.4) is 0 Å². The molecular weight excluding hydrogens is 420 g/mol. The average molecular weight is 444 g/mol. The van der Waals surface area contributed by atoms with Crippen molar-refractivity contribution >= 4 is 11.9 Å². The molecule has 2 nitrogen and oxygen atoms in total. The standard InChI is InChI=1S/C19H23NO.2ClH.Zr/c1-13(2)16-9-7-10-17(14(3)4)19(16)20-12-15-8-5-6-11-18(15)21;;;/h5-14,21H,1-4H3;2*1H;/q;;;+2/p-2. The maximum Gasteiger partial charge on any atom is 2.00 e. The Hall–Kier alpha value is -0.627. The number of para-hydroxylation sites is 2. The van der Waals surface area contributed by atoms with Gasteiger partial charge in [0.1, 0.15) is 5.75 Å². The Labute approximate surface area is 176 Å². The summed E-state index contributed by atoms with van der Waals surface area (Å²) in [6, 6.07) is 13.6. The van der Waals surface area contributed by atoms with Gasteiger partial charge in [-0.15, -0.1) is 0 Å². The number of rotatable bonds is 4. The van der Waals surface area contributed by atoms with E-state index in [-0.39, 0.29) is 56.8 Å². The minimum absolute atomic E-state index is 0. The Morgan fingerprint density at radius 3 is 1.79 bits per heavy atom. The summed E-state index contributed by atoms with van der Waals surface area (Å²) in [5.41, 5.74) is 4.26. The van der Waals surface area contributed by atoms with Crippen LogP contribution in [-0.2, 0) is 26.2 Å². The van der Waals surface area contributed by atoms with Crippen molar-refractivity contribution in [3.05, 3.63) is 59.2 Å².